The van der Waals surface area contributed by atoms with Crippen molar-refractivity contribution in [3.05, 3.63) is 87.8 Å². The molecular formula is C27H33N3O4. The molecule has 0 saturated carbocycles. The summed E-state index contributed by atoms with van der Waals surface area (Å²) in [6.07, 6.45) is 0. The SMILES string of the molecule is COCCn1c(C)cc(O)c(C(c2cccc(OC)c2)N2CCN(c3ccccc3)CC2)c1=O. The van der Waals surface area contributed by atoms with E-state index in [1.54, 1.807) is 24.9 Å². The van der Waals surface area contributed by atoms with E-state index < -0.39 is 6.04 Å². The van der Waals surface area contributed by atoms with Gasteiger partial charge in [0.1, 0.15) is 11.5 Å². The lowest BCUT2D eigenvalue weighted by molar-refractivity contribution is 0.183. The second-order valence-electron chi connectivity index (χ2n) is 8.57. The van der Waals surface area contributed by atoms with Crippen LogP contribution < -0.4 is 15.2 Å². The molecule has 0 aliphatic carbocycles. The number of hydrogen-bond donors (Lipinski definition) is 1. The Morgan fingerprint density at radius 2 is 1.71 bits per heavy atom. The topological polar surface area (TPSA) is 67.2 Å². The molecule has 2 aromatic carbocycles. The molecule has 1 aromatic heterocycles. The summed E-state index contributed by atoms with van der Waals surface area (Å²) < 4.78 is 12.4. The van der Waals surface area contributed by atoms with Crippen molar-refractivity contribution in [2.75, 3.05) is 51.9 Å². The van der Waals surface area contributed by atoms with Crippen molar-refractivity contribution in [3.8, 4) is 11.5 Å². The lowest BCUT2D eigenvalue weighted by Gasteiger charge is -2.40. The van der Waals surface area contributed by atoms with E-state index in [9.17, 15) is 9.90 Å². The summed E-state index contributed by atoms with van der Waals surface area (Å²) in [7, 11) is 3.25. The van der Waals surface area contributed by atoms with E-state index in [-0.39, 0.29) is 11.3 Å². The second kappa shape index (κ2) is 10.8. The van der Waals surface area contributed by atoms with Crippen LogP contribution in [-0.4, -0.2) is 61.6 Å². The highest BCUT2D eigenvalue weighted by atomic mass is 16.5. The summed E-state index contributed by atoms with van der Waals surface area (Å²) in [4.78, 5) is 18.3. The van der Waals surface area contributed by atoms with Gasteiger partial charge in [-0.2, -0.15) is 0 Å². The van der Waals surface area contributed by atoms with Gasteiger partial charge in [-0.25, -0.2) is 0 Å². The zero-order chi connectivity index (χ0) is 24.1. The number of aromatic hydroxyl groups is 1. The number of nitrogens with zero attached hydrogens (tertiary/aromatic N) is 3. The highest BCUT2D eigenvalue weighted by molar-refractivity contribution is 5.47. The molecule has 34 heavy (non-hydrogen) atoms. The zero-order valence-electron chi connectivity index (χ0n) is 20.1. The van der Waals surface area contributed by atoms with Crippen molar-refractivity contribution < 1.29 is 14.6 Å². The van der Waals surface area contributed by atoms with E-state index in [0.717, 1.165) is 37.5 Å². The molecule has 0 bridgehead atoms. The van der Waals surface area contributed by atoms with Gasteiger partial charge in [0.15, 0.2) is 0 Å². The van der Waals surface area contributed by atoms with Crippen LogP contribution in [0.5, 0.6) is 11.5 Å². The van der Waals surface area contributed by atoms with Gasteiger partial charge in [0.25, 0.3) is 5.56 Å². The Balaban J connectivity index is 1.74. The molecule has 1 aliphatic heterocycles. The van der Waals surface area contributed by atoms with Crippen LogP contribution in [0.4, 0.5) is 5.69 Å². The molecule has 1 fully saturated rings. The molecule has 1 atom stereocenters. The molecule has 0 spiro atoms. The van der Waals surface area contributed by atoms with Gasteiger partial charge >= 0.3 is 0 Å². The second-order valence-corrected chi connectivity index (χ2v) is 8.57. The molecule has 180 valence electrons. The molecule has 1 aliphatic rings. The van der Waals surface area contributed by atoms with Gasteiger partial charge in [0.2, 0.25) is 0 Å². The molecule has 3 aromatic rings. The minimum absolute atomic E-state index is 0.0227. The van der Waals surface area contributed by atoms with E-state index in [0.29, 0.717) is 24.4 Å². The third-order valence-electron chi connectivity index (χ3n) is 6.53. The Morgan fingerprint density at radius 3 is 2.38 bits per heavy atom. The molecule has 4 rings (SSSR count). The standard InChI is InChI=1S/C27H33N3O4/c1-20-18-24(31)25(27(32)30(20)16-17-33-2)26(21-8-7-11-23(19-21)34-3)29-14-12-28(13-15-29)22-9-5-4-6-10-22/h4-11,18-19,26,31H,12-17H2,1-3H3. The molecule has 1 saturated heterocycles. The summed E-state index contributed by atoms with van der Waals surface area (Å²) >= 11 is 0. The Hall–Kier alpha value is -3.29. The summed E-state index contributed by atoms with van der Waals surface area (Å²) in [5, 5.41) is 11.0. The highest BCUT2D eigenvalue weighted by Crippen LogP contribution is 2.35. The lowest BCUT2D eigenvalue weighted by Crippen LogP contribution is -2.49. The largest absolute Gasteiger partial charge is 0.507 e. The molecule has 1 unspecified atom stereocenters. The number of pyridine rings is 1. The fourth-order valence-corrected chi connectivity index (χ4v) is 4.73. The first-order valence-corrected chi connectivity index (χ1v) is 11.6. The summed E-state index contributed by atoms with van der Waals surface area (Å²) in [6.45, 7) is 5.85. The lowest BCUT2D eigenvalue weighted by atomic mass is 9.95. The van der Waals surface area contributed by atoms with Gasteiger partial charge in [-0.05, 0) is 42.8 Å². The number of rotatable bonds is 8. The first kappa shape index (κ1) is 23.9. The van der Waals surface area contributed by atoms with Gasteiger partial charge in [-0.3, -0.25) is 9.69 Å². The van der Waals surface area contributed by atoms with Crippen LogP contribution in [0.2, 0.25) is 0 Å². The number of anilines is 1. The van der Waals surface area contributed by atoms with Crippen molar-refractivity contribution >= 4 is 5.69 Å². The Bertz CT molecular complexity index is 1150. The van der Waals surface area contributed by atoms with E-state index in [1.165, 1.54) is 5.69 Å². The highest BCUT2D eigenvalue weighted by Gasteiger charge is 2.31. The average molecular weight is 464 g/mol. The van der Waals surface area contributed by atoms with Crippen molar-refractivity contribution in [3.63, 3.8) is 0 Å². The van der Waals surface area contributed by atoms with E-state index >= 15 is 0 Å². The third kappa shape index (κ3) is 4.95. The Labute approximate surface area is 200 Å². The van der Waals surface area contributed by atoms with Crippen LogP contribution in [0, 0.1) is 6.92 Å². The normalized spacial score (nSPS) is 15.3. The van der Waals surface area contributed by atoms with Crippen LogP contribution >= 0.6 is 0 Å². The fourth-order valence-electron chi connectivity index (χ4n) is 4.73. The van der Waals surface area contributed by atoms with Crippen LogP contribution in [0.3, 0.4) is 0 Å². The van der Waals surface area contributed by atoms with Gasteiger partial charge in [-0.15, -0.1) is 0 Å². The van der Waals surface area contributed by atoms with Gasteiger partial charge in [0, 0.05) is 51.2 Å². The number of ether oxygens (including phenoxy) is 2. The molecule has 0 radical (unpaired) electrons. The number of para-hydroxylation sites is 1. The number of methoxy groups -OCH3 is 2. The van der Waals surface area contributed by atoms with Crippen molar-refractivity contribution in [2.45, 2.75) is 19.5 Å². The van der Waals surface area contributed by atoms with E-state index in [2.05, 4.69) is 21.9 Å². The average Bonchev–Trinajstić information content (AvgIpc) is 2.87. The summed E-state index contributed by atoms with van der Waals surface area (Å²) in [6, 6.07) is 19.4. The number of piperazine rings is 1. The maximum atomic E-state index is 13.7. The van der Waals surface area contributed by atoms with Crippen molar-refractivity contribution in [2.24, 2.45) is 0 Å². The predicted molar refractivity (Wildman–Crippen MR) is 134 cm³/mol. The minimum Gasteiger partial charge on any atom is -0.507 e. The number of hydrogen-bond acceptors (Lipinski definition) is 6. The summed E-state index contributed by atoms with van der Waals surface area (Å²) in [5.74, 6) is 0.742. The molecule has 7 heteroatoms. The maximum Gasteiger partial charge on any atom is 0.259 e. The van der Waals surface area contributed by atoms with Crippen molar-refractivity contribution in [1.82, 2.24) is 9.47 Å². The third-order valence-corrected chi connectivity index (χ3v) is 6.53. The van der Waals surface area contributed by atoms with Crippen molar-refractivity contribution in [1.29, 1.82) is 0 Å². The smallest absolute Gasteiger partial charge is 0.259 e. The fraction of sp³-hybridized carbons (Fsp3) is 0.370. The molecule has 1 N–H and O–H groups in total. The van der Waals surface area contributed by atoms with Gasteiger partial charge in [-0.1, -0.05) is 30.3 Å². The monoisotopic (exact) mass is 463 g/mol. The number of aromatic nitrogens is 1. The van der Waals surface area contributed by atoms with Crippen LogP contribution in [-0.2, 0) is 11.3 Å². The molecular weight excluding hydrogens is 430 g/mol. The first-order chi connectivity index (χ1) is 16.5. The first-order valence-electron chi connectivity index (χ1n) is 11.6. The summed E-state index contributed by atoms with van der Waals surface area (Å²) in [5.41, 5.74) is 3.03. The van der Waals surface area contributed by atoms with E-state index in [4.69, 9.17) is 9.47 Å². The molecule has 0 amide bonds. The van der Waals surface area contributed by atoms with Gasteiger partial charge in [0.05, 0.1) is 25.3 Å². The van der Waals surface area contributed by atoms with Gasteiger partial charge < -0.3 is 24.0 Å². The molecule has 7 nitrogen and oxygen atoms in total. The zero-order valence-corrected chi connectivity index (χ0v) is 20.1. The van der Waals surface area contributed by atoms with Crippen LogP contribution in [0.25, 0.3) is 0 Å². The van der Waals surface area contributed by atoms with Crippen LogP contribution in [0.15, 0.2) is 65.5 Å². The number of aryl methyl sites for hydroxylation is 1. The van der Waals surface area contributed by atoms with E-state index in [1.807, 2.05) is 49.4 Å². The Morgan fingerprint density at radius 1 is 0.971 bits per heavy atom. The number of benzene rings is 2. The quantitative estimate of drug-likeness (QED) is 0.552. The minimum atomic E-state index is -0.394. The van der Waals surface area contributed by atoms with Crippen LogP contribution in [0.1, 0.15) is 22.9 Å². The molecule has 2 heterocycles. The predicted octanol–water partition coefficient (Wildman–Crippen LogP) is 3.43. The maximum absolute atomic E-state index is 13.7. The Kier molecular flexibility index (Phi) is 7.55.